The average Bonchev–Trinajstić information content (AvgIpc) is 2.68. The Bertz CT molecular complexity index is 282. The van der Waals surface area contributed by atoms with Crippen LogP contribution in [0.25, 0.3) is 0 Å². The first-order valence-electron chi connectivity index (χ1n) is 6.79. The van der Waals surface area contributed by atoms with Crippen LogP contribution < -0.4 is 11.1 Å². The SMILES string of the molecule is NC1CCC(CNC(=O)C2C3CCCC32)C1. The molecule has 0 aromatic rings. The molecule has 0 aliphatic heterocycles. The summed E-state index contributed by atoms with van der Waals surface area (Å²) in [7, 11) is 0. The summed E-state index contributed by atoms with van der Waals surface area (Å²) >= 11 is 0. The third-order valence-corrected chi connectivity index (χ3v) is 4.86. The maximum atomic E-state index is 11.9. The summed E-state index contributed by atoms with van der Waals surface area (Å²) in [6.45, 7) is 0.864. The Balaban J connectivity index is 1.41. The van der Waals surface area contributed by atoms with Crippen LogP contribution in [-0.4, -0.2) is 18.5 Å². The van der Waals surface area contributed by atoms with Crippen molar-refractivity contribution in [3.8, 4) is 0 Å². The van der Waals surface area contributed by atoms with Gasteiger partial charge in [0.25, 0.3) is 0 Å². The van der Waals surface area contributed by atoms with E-state index in [9.17, 15) is 4.79 Å². The van der Waals surface area contributed by atoms with Gasteiger partial charge in [0.1, 0.15) is 0 Å². The summed E-state index contributed by atoms with van der Waals surface area (Å²) in [4.78, 5) is 11.9. The topological polar surface area (TPSA) is 55.1 Å². The number of fused-ring (bicyclic) bond motifs is 1. The van der Waals surface area contributed by atoms with E-state index in [0.717, 1.165) is 31.2 Å². The van der Waals surface area contributed by atoms with Gasteiger partial charge < -0.3 is 11.1 Å². The molecule has 0 heterocycles. The second kappa shape index (κ2) is 4.02. The fraction of sp³-hybridized carbons (Fsp3) is 0.923. The number of amides is 1. The van der Waals surface area contributed by atoms with Crippen molar-refractivity contribution in [2.75, 3.05) is 6.54 Å². The molecule has 16 heavy (non-hydrogen) atoms. The van der Waals surface area contributed by atoms with Crippen LogP contribution in [0.4, 0.5) is 0 Å². The van der Waals surface area contributed by atoms with E-state index < -0.39 is 0 Å². The van der Waals surface area contributed by atoms with E-state index in [-0.39, 0.29) is 0 Å². The standard InChI is InChI=1S/C13H22N2O/c14-9-5-4-8(6-9)7-15-13(16)12-10-2-1-3-11(10)12/h8-12H,1-7,14H2,(H,15,16). The van der Waals surface area contributed by atoms with E-state index >= 15 is 0 Å². The predicted octanol–water partition coefficient (Wildman–Crippen LogP) is 1.28. The Kier molecular flexibility index (Phi) is 2.66. The molecule has 90 valence electrons. The van der Waals surface area contributed by atoms with Crippen LogP contribution in [-0.2, 0) is 4.79 Å². The number of nitrogens with one attached hydrogen (secondary N) is 1. The minimum atomic E-state index is 0.329. The summed E-state index contributed by atoms with van der Waals surface area (Å²) in [5.41, 5.74) is 5.87. The predicted molar refractivity (Wildman–Crippen MR) is 62.6 cm³/mol. The van der Waals surface area contributed by atoms with Crippen molar-refractivity contribution in [3.63, 3.8) is 0 Å². The molecule has 3 N–H and O–H groups in total. The summed E-state index contributed by atoms with van der Waals surface area (Å²) < 4.78 is 0. The smallest absolute Gasteiger partial charge is 0.223 e. The van der Waals surface area contributed by atoms with E-state index in [1.165, 1.54) is 25.7 Å². The van der Waals surface area contributed by atoms with Gasteiger partial charge in [0.05, 0.1) is 0 Å². The zero-order valence-corrected chi connectivity index (χ0v) is 9.82. The molecule has 0 spiro atoms. The van der Waals surface area contributed by atoms with Gasteiger partial charge in [0.2, 0.25) is 5.91 Å². The van der Waals surface area contributed by atoms with Gasteiger partial charge in [-0.25, -0.2) is 0 Å². The molecule has 3 fully saturated rings. The Labute approximate surface area is 97.2 Å². The zero-order chi connectivity index (χ0) is 11.1. The summed E-state index contributed by atoms with van der Waals surface area (Å²) in [5, 5.41) is 3.14. The van der Waals surface area contributed by atoms with Crippen molar-refractivity contribution in [2.24, 2.45) is 29.4 Å². The molecule has 0 aromatic heterocycles. The normalized spacial score (nSPS) is 45.4. The Morgan fingerprint density at radius 1 is 1.19 bits per heavy atom. The largest absolute Gasteiger partial charge is 0.356 e. The van der Waals surface area contributed by atoms with Gasteiger partial charge >= 0.3 is 0 Å². The second-order valence-corrected chi connectivity index (χ2v) is 5.97. The van der Waals surface area contributed by atoms with Crippen LogP contribution in [0.3, 0.4) is 0 Å². The van der Waals surface area contributed by atoms with Gasteiger partial charge in [-0.15, -0.1) is 0 Å². The highest BCUT2D eigenvalue weighted by Crippen LogP contribution is 2.57. The molecule has 3 rings (SSSR count). The number of hydrogen-bond donors (Lipinski definition) is 2. The molecule has 1 amide bonds. The number of nitrogens with two attached hydrogens (primary N) is 1. The minimum Gasteiger partial charge on any atom is -0.356 e. The Morgan fingerprint density at radius 3 is 2.56 bits per heavy atom. The number of carbonyl (C=O) groups is 1. The highest BCUT2D eigenvalue weighted by atomic mass is 16.2. The minimum absolute atomic E-state index is 0.329. The first-order valence-corrected chi connectivity index (χ1v) is 6.79. The van der Waals surface area contributed by atoms with Crippen molar-refractivity contribution >= 4 is 5.91 Å². The molecular formula is C13H22N2O. The summed E-state index contributed by atoms with van der Waals surface area (Å²) in [6.07, 6.45) is 7.34. The number of rotatable bonds is 3. The van der Waals surface area contributed by atoms with Crippen LogP contribution in [0.5, 0.6) is 0 Å². The van der Waals surface area contributed by atoms with Crippen LogP contribution in [0.2, 0.25) is 0 Å². The third-order valence-electron chi connectivity index (χ3n) is 4.86. The van der Waals surface area contributed by atoms with Crippen LogP contribution in [0.15, 0.2) is 0 Å². The first-order chi connectivity index (χ1) is 7.75. The van der Waals surface area contributed by atoms with Gasteiger partial charge in [0, 0.05) is 18.5 Å². The van der Waals surface area contributed by atoms with E-state index in [2.05, 4.69) is 5.32 Å². The van der Waals surface area contributed by atoms with E-state index in [0.29, 0.717) is 23.8 Å². The lowest BCUT2D eigenvalue weighted by molar-refractivity contribution is -0.123. The zero-order valence-electron chi connectivity index (χ0n) is 9.82. The lowest BCUT2D eigenvalue weighted by atomic mass is 10.1. The lowest BCUT2D eigenvalue weighted by Crippen LogP contribution is -2.31. The third kappa shape index (κ3) is 1.86. The molecule has 0 radical (unpaired) electrons. The molecule has 0 saturated heterocycles. The molecule has 3 heteroatoms. The summed E-state index contributed by atoms with van der Waals surface area (Å²) in [5.74, 6) is 2.83. The van der Waals surface area contributed by atoms with Gasteiger partial charge in [-0.2, -0.15) is 0 Å². The van der Waals surface area contributed by atoms with Gasteiger partial charge in [-0.1, -0.05) is 6.42 Å². The van der Waals surface area contributed by atoms with Crippen LogP contribution in [0, 0.1) is 23.7 Å². The maximum absolute atomic E-state index is 11.9. The molecule has 3 aliphatic rings. The monoisotopic (exact) mass is 222 g/mol. The maximum Gasteiger partial charge on any atom is 0.223 e. The second-order valence-electron chi connectivity index (χ2n) is 5.97. The van der Waals surface area contributed by atoms with Crippen LogP contribution in [0.1, 0.15) is 38.5 Å². The first kappa shape index (κ1) is 10.6. The molecule has 0 bridgehead atoms. The Morgan fingerprint density at radius 2 is 1.94 bits per heavy atom. The highest BCUT2D eigenvalue weighted by Gasteiger charge is 2.56. The fourth-order valence-corrected chi connectivity index (χ4v) is 3.87. The molecule has 3 aliphatic carbocycles. The molecule has 3 saturated carbocycles. The van der Waals surface area contributed by atoms with Crippen molar-refractivity contribution in [1.29, 1.82) is 0 Å². The van der Waals surface area contributed by atoms with Crippen molar-refractivity contribution in [1.82, 2.24) is 5.32 Å². The van der Waals surface area contributed by atoms with Crippen molar-refractivity contribution < 1.29 is 4.79 Å². The number of hydrogen-bond acceptors (Lipinski definition) is 2. The molecule has 3 nitrogen and oxygen atoms in total. The van der Waals surface area contributed by atoms with E-state index in [1.54, 1.807) is 0 Å². The quantitative estimate of drug-likeness (QED) is 0.755. The molecule has 0 aromatic carbocycles. The van der Waals surface area contributed by atoms with Gasteiger partial charge in [-0.3, -0.25) is 4.79 Å². The molecule has 4 atom stereocenters. The number of carbonyl (C=O) groups excluding carboxylic acids is 1. The van der Waals surface area contributed by atoms with Gasteiger partial charge in [0.15, 0.2) is 0 Å². The van der Waals surface area contributed by atoms with Crippen molar-refractivity contribution in [3.05, 3.63) is 0 Å². The molecular weight excluding hydrogens is 200 g/mol. The fourth-order valence-electron chi connectivity index (χ4n) is 3.87. The van der Waals surface area contributed by atoms with E-state index in [4.69, 9.17) is 5.73 Å². The lowest BCUT2D eigenvalue weighted by Gasteiger charge is -2.11. The average molecular weight is 222 g/mol. The highest BCUT2D eigenvalue weighted by molar-refractivity contribution is 5.82. The van der Waals surface area contributed by atoms with Gasteiger partial charge in [-0.05, 0) is 49.9 Å². The molecule has 4 unspecified atom stereocenters. The summed E-state index contributed by atoms with van der Waals surface area (Å²) in [6, 6.07) is 0.377. The van der Waals surface area contributed by atoms with E-state index in [1.807, 2.05) is 0 Å². The van der Waals surface area contributed by atoms with Crippen molar-refractivity contribution in [2.45, 2.75) is 44.6 Å². The van der Waals surface area contributed by atoms with Crippen LogP contribution >= 0.6 is 0 Å². The Hall–Kier alpha value is -0.570.